The lowest BCUT2D eigenvalue weighted by molar-refractivity contribution is -0.118. The van der Waals surface area contributed by atoms with Gasteiger partial charge in [0.2, 0.25) is 5.91 Å². The second-order valence-electron chi connectivity index (χ2n) is 8.38. The molecule has 0 aliphatic rings. The zero-order valence-corrected chi connectivity index (χ0v) is 20.2. The topological polar surface area (TPSA) is 67.8 Å². The van der Waals surface area contributed by atoms with Crippen molar-refractivity contribution in [2.24, 2.45) is 0 Å². The second kappa shape index (κ2) is 13.4. The predicted molar refractivity (Wildman–Crippen MR) is 136 cm³/mol. The molecule has 1 amide bonds. The van der Waals surface area contributed by atoms with Gasteiger partial charge in [0.1, 0.15) is 18.1 Å². The van der Waals surface area contributed by atoms with Crippen molar-refractivity contribution in [3.8, 4) is 22.6 Å². The number of nitrogens with one attached hydrogen (secondary N) is 1. The molecule has 0 heterocycles. The van der Waals surface area contributed by atoms with Crippen LogP contribution in [0.4, 0.5) is 0 Å². The Morgan fingerprint density at radius 2 is 1.74 bits per heavy atom. The molecule has 0 saturated heterocycles. The highest BCUT2D eigenvalue weighted by atomic mass is 16.5. The van der Waals surface area contributed by atoms with Gasteiger partial charge in [0.15, 0.2) is 0 Å². The van der Waals surface area contributed by atoms with Crippen LogP contribution in [0.15, 0.2) is 66.7 Å². The van der Waals surface area contributed by atoms with Crippen LogP contribution in [-0.2, 0) is 17.8 Å². The smallest absolute Gasteiger partial charge is 0.216 e. The van der Waals surface area contributed by atoms with E-state index in [0.29, 0.717) is 26.2 Å². The van der Waals surface area contributed by atoms with Crippen LogP contribution in [0.25, 0.3) is 11.1 Å². The number of amides is 1. The summed E-state index contributed by atoms with van der Waals surface area (Å²) in [6.07, 6.45) is 3.29. The van der Waals surface area contributed by atoms with E-state index >= 15 is 0 Å². The highest BCUT2D eigenvalue weighted by Gasteiger charge is 2.10. The third-order valence-electron chi connectivity index (χ3n) is 5.77. The standard InChI is InChI=1S/C29H35NO4/c1-22-26(13-8-14-28(22)24-10-4-3-5-11-24)21-34-27-16-15-25(12-6-7-17-30-23(2)32)29(20-27)33-19-9-18-31/h3-5,8,10-11,13-16,20,31H,6-7,9,12,17-19,21H2,1-2H3,(H,30,32). The Labute approximate surface area is 202 Å². The van der Waals surface area contributed by atoms with Crippen LogP contribution < -0.4 is 14.8 Å². The lowest BCUT2D eigenvalue weighted by Crippen LogP contribution is -2.20. The van der Waals surface area contributed by atoms with E-state index < -0.39 is 0 Å². The average molecular weight is 462 g/mol. The molecule has 2 N–H and O–H groups in total. The summed E-state index contributed by atoms with van der Waals surface area (Å²) >= 11 is 0. The predicted octanol–water partition coefficient (Wildman–Crippen LogP) is 5.46. The van der Waals surface area contributed by atoms with Crippen LogP contribution in [0.2, 0.25) is 0 Å². The molecule has 0 spiro atoms. The number of carbonyl (C=O) groups is 1. The molecular formula is C29H35NO4. The highest BCUT2D eigenvalue weighted by molar-refractivity contribution is 5.72. The molecular weight excluding hydrogens is 426 g/mol. The maximum absolute atomic E-state index is 11.0. The molecule has 0 aliphatic heterocycles. The molecule has 3 aromatic rings. The number of ether oxygens (including phenoxy) is 2. The van der Waals surface area contributed by atoms with Gasteiger partial charge in [0.25, 0.3) is 0 Å². The quantitative estimate of drug-likeness (QED) is 0.332. The van der Waals surface area contributed by atoms with E-state index in [4.69, 9.17) is 14.6 Å². The zero-order chi connectivity index (χ0) is 24.2. The molecule has 0 fully saturated rings. The Bertz CT molecular complexity index is 1050. The summed E-state index contributed by atoms with van der Waals surface area (Å²) in [4.78, 5) is 11.0. The van der Waals surface area contributed by atoms with Crippen LogP contribution >= 0.6 is 0 Å². The monoisotopic (exact) mass is 461 g/mol. The third-order valence-corrected chi connectivity index (χ3v) is 5.77. The summed E-state index contributed by atoms with van der Waals surface area (Å²) in [6.45, 7) is 5.37. The van der Waals surface area contributed by atoms with Gasteiger partial charge in [-0.1, -0.05) is 54.6 Å². The molecule has 0 aliphatic carbocycles. The maximum Gasteiger partial charge on any atom is 0.216 e. The van der Waals surface area contributed by atoms with Gasteiger partial charge in [-0.05, 0) is 60.1 Å². The number of carbonyl (C=O) groups excluding carboxylic acids is 1. The Hall–Kier alpha value is -3.31. The minimum absolute atomic E-state index is 0.000862. The fourth-order valence-corrected chi connectivity index (χ4v) is 3.85. The molecule has 0 radical (unpaired) electrons. The summed E-state index contributed by atoms with van der Waals surface area (Å²) in [5, 5.41) is 11.9. The molecule has 0 atom stereocenters. The number of rotatable bonds is 13. The van der Waals surface area contributed by atoms with Gasteiger partial charge >= 0.3 is 0 Å². The Kier molecular flexibility index (Phi) is 9.98. The lowest BCUT2D eigenvalue weighted by Gasteiger charge is -2.16. The maximum atomic E-state index is 11.0. The molecule has 0 bridgehead atoms. The van der Waals surface area contributed by atoms with Crippen LogP contribution in [0.5, 0.6) is 11.5 Å². The molecule has 3 aromatic carbocycles. The number of aliphatic hydroxyl groups excluding tert-OH is 1. The number of benzene rings is 3. The molecule has 0 unspecified atom stereocenters. The summed E-state index contributed by atoms with van der Waals surface area (Å²) in [5.74, 6) is 1.55. The van der Waals surface area contributed by atoms with E-state index in [1.807, 2.05) is 18.2 Å². The second-order valence-corrected chi connectivity index (χ2v) is 8.38. The minimum atomic E-state index is -0.000862. The van der Waals surface area contributed by atoms with Crippen molar-refractivity contribution in [3.05, 3.63) is 83.4 Å². The lowest BCUT2D eigenvalue weighted by atomic mass is 9.97. The van der Waals surface area contributed by atoms with E-state index in [2.05, 4.69) is 60.8 Å². The largest absolute Gasteiger partial charge is 0.493 e. The molecule has 0 saturated carbocycles. The van der Waals surface area contributed by atoms with Crippen LogP contribution in [-0.4, -0.2) is 30.8 Å². The van der Waals surface area contributed by atoms with Gasteiger partial charge in [-0.2, -0.15) is 0 Å². The summed E-state index contributed by atoms with van der Waals surface area (Å²) in [6, 6.07) is 22.7. The number of hydrogen-bond acceptors (Lipinski definition) is 4. The number of hydrogen-bond donors (Lipinski definition) is 2. The molecule has 0 aromatic heterocycles. The van der Waals surface area contributed by atoms with Crippen molar-refractivity contribution < 1.29 is 19.4 Å². The van der Waals surface area contributed by atoms with Gasteiger partial charge in [-0.3, -0.25) is 4.79 Å². The Morgan fingerprint density at radius 1 is 0.912 bits per heavy atom. The Balaban J connectivity index is 1.67. The van der Waals surface area contributed by atoms with Crippen LogP contribution in [0.3, 0.4) is 0 Å². The zero-order valence-electron chi connectivity index (χ0n) is 20.2. The normalized spacial score (nSPS) is 10.7. The Morgan fingerprint density at radius 3 is 2.50 bits per heavy atom. The van der Waals surface area contributed by atoms with Crippen molar-refractivity contribution in [2.75, 3.05) is 19.8 Å². The van der Waals surface area contributed by atoms with Crippen molar-refractivity contribution >= 4 is 5.91 Å². The van der Waals surface area contributed by atoms with E-state index in [9.17, 15) is 4.79 Å². The first-order chi connectivity index (χ1) is 16.6. The van der Waals surface area contributed by atoms with E-state index in [1.54, 1.807) is 0 Å². The van der Waals surface area contributed by atoms with Gasteiger partial charge in [0, 0.05) is 32.6 Å². The molecule has 34 heavy (non-hydrogen) atoms. The number of aryl methyl sites for hydroxylation is 1. The molecule has 5 heteroatoms. The van der Waals surface area contributed by atoms with Crippen LogP contribution in [0.1, 0.15) is 42.9 Å². The first kappa shape index (κ1) is 25.3. The van der Waals surface area contributed by atoms with Crippen molar-refractivity contribution in [1.29, 1.82) is 0 Å². The number of aliphatic hydroxyl groups is 1. The summed E-state index contributed by atoms with van der Waals surface area (Å²) in [5.41, 5.74) is 5.87. The molecule has 5 nitrogen and oxygen atoms in total. The summed E-state index contributed by atoms with van der Waals surface area (Å²) < 4.78 is 12.1. The number of unbranched alkanes of at least 4 members (excludes halogenated alkanes) is 1. The molecule has 180 valence electrons. The fraction of sp³-hybridized carbons (Fsp3) is 0.345. The first-order valence-electron chi connectivity index (χ1n) is 12.0. The molecule has 3 rings (SSSR count). The van der Waals surface area contributed by atoms with Crippen LogP contribution in [0, 0.1) is 6.92 Å². The van der Waals surface area contributed by atoms with E-state index in [1.165, 1.54) is 23.6 Å². The van der Waals surface area contributed by atoms with Gasteiger partial charge < -0.3 is 19.9 Å². The van der Waals surface area contributed by atoms with Gasteiger partial charge in [0.05, 0.1) is 6.61 Å². The minimum Gasteiger partial charge on any atom is -0.493 e. The van der Waals surface area contributed by atoms with Crippen molar-refractivity contribution in [1.82, 2.24) is 5.32 Å². The van der Waals surface area contributed by atoms with Gasteiger partial charge in [-0.25, -0.2) is 0 Å². The summed E-state index contributed by atoms with van der Waals surface area (Å²) in [7, 11) is 0. The first-order valence-corrected chi connectivity index (χ1v) is 12.0. The van der Waals surface area contributed by atoms with E-state index in [0.717, 1.165) is 41.9 Å². The van der Waals surface area contributed by atoms with Crippen molar-refractivity contribution in [2.45, 2.75) is 46.1 Å². The third kappa shape index (κ3) is 7.63. The average Bonchev–Trinajstić information content (AvgIpc) is 2.84. The van der Waals surface area contributed by atoms with Crippen molar-refractivity contribution in [3.63, 3.8) is 0 Å². The SMILES string of the molecule is CC(=O)NCCCCc1ccc(OCc2cccc(-c3ccccc3)c2C)cc1OCCCO. The van der Waals surface area contributed by atoms with E-state index in [-0.39, 0.29) is 12.5 Å². The fourth-order valence-electron chi connectivity index (χ4n) is 3.85. The highest BCUT2D eigenvalue weighted by Crippen LogP contribution is 2.29. The van der Waals surface area contributed by atoms with Gasteiger partial charge in [-0.15, -0.1) is 0 Å².